The van der Waals surface area contributed by atoms with Crippen molar-refractivity contribution in [2.75, 3.05) is 0 Å². The minimum Gasteiger partial charge on any atom is -0.340 e. The van der Waals surface area contributed by atoms with Crippen LogP contribution >= 0.6 is 11.3 Å². The molecule has 0 aromatic carbocycles. The van der Waals surface area contributed by atoms with Gasteiger partial charge >= 0.3 is 0 Å². The summed E-state index contributed by atoms with van der Waals surface area (Å²) in [6.07, 6.45) is 8.74. The summed E-state index contributed by atoms with van der Waals surface area (Å²) in [6, 6.07) is 7.98. The van der Waals surface area contributed by atoms with Gasteiger partial charge in [-0.05, 0) is 30.5 Å². The van der Waals surface area contributed by atoms with Gasteiger partial charge in [0.2, 0.25) is 0 Å². The van der Waals surface area contributed by atoms with E-state index in [0.717, 1.165) is 44.1 Å². The van der Waals surface area contributed by atoms with E-state index in [1.807, 2.05) is 45.0 Å². The second kappa shape index (κ2) is 9.49. The summed E-state index contributed by atoms with van der Waals surface area (Å²) in [5.41, 5.74) is 6.71. The number of thiophene rings is 1. The largest absolute Gasteiger partial charge is 0.340 e. The fourth-order valence-corrected chi connectivity index (χ4v) is 4.07. The number of nitrogens with one attached hydrogen (secondary N) is 2. The molecule has 0 aliphatic carbocycles. The van der Waals surface area contributed by atoms with Crippen LogP contribution in [0.2, 0.25) is 0 Å². The molecule has 0 radical (unpaired) electrons. The number of imidazole rings is 1. The molecule has 5 aromatic rings. The third kappa shape index (κ3) is 4.00. The zero-order valence-corrected chi connectivity index (χ0v) is 18.9. The molecule has 160 valence electrons. The topological polar surface area (TPSA) is 96.0 Å². The van der Waals surface area contributed by atoms with E-state index in [1.165, 1.54) is 6.33 Å². The third-order valence-corrected chi connectivity index (χ3v) is 5.60. The molecule has 0 saturated heterocycles. The molecule has 0 unspecified atom stereocenters. The molecule has 0 spiro atoms. The quantitative estimate of drug-likeness (QED) is 0.335. The maximum atomic E-state index is 4.87. The van der Waals surface area contributed by atoms with E-state index in [2.05, 4.69) is 43.2 Å². The van der Waals surface area contributed by atoms with Crippen molar-refractivity contribution in [1.29, 1.82) is 0 Å². The zero-order valence-electron chi connectivity index (χ0n) is 18.1. The molecule has 32 heavy (non-hydrogen) atoms. The summed E-state index contributed by atoms with van der Waals surface area (Å²) in [5, 5.41) is 9.57. The van der Waals surface area contributed by atoms with Gasteiger partial charge in [0.15, 0.2) is 11.5 Å². The highest BCUT2D eigenvalue weighted by Gasteiger charge is 2.19. The van der Waals surface area contributed by atoms with Crippen LogP contribution in [0.1, 0.15) is 30.1 Å². The summed E-state index contributed by atoms with van der Waals surface area (Å²) in [7, 11) is 0. The second-order valence-electron chi connectivity index (χ2n) is 6.64. The molecular formula is C24H23N7S. The number of fused-ring (bicyclic) bond motifs is 1. The number of nitrogens with zero attached hydrogens (tertiary/aromatic N) is 5. The minimum atomic E-state index is 0.661. The molecule has 8 heteroatoms. The van der Waals surface area contributed by atoms with Crippen molar-refractivity contribution >= 4 is 27.9 Å². The summed E-state index contributed by atoms with van der Waals surface area (Å²) in [5.74, 6) is 0.661. The minimum absolute atomic E-state index is 0.661. The molecule has 0 fully saturated rings. The summed E-state index contributed by atoms with van der Waals surface area (Å²) < 4.78 is 0. The van der Waals surface area contributed by atoms with Gasteiger partial charge in [0, 0.05) is 34.1 Å². The van der Waals surface area contributed by atoms with Crippen molar-refractivity contribution in [3.05, 3.63) is 83.4 Å². The van der Waals surface area contributed by atoms with Crippen LogP contribution in [0.4, 0.5) is 0 Å². The summed E-state index contributed by atoms with van der Waals surface area (Å²) in [6.45, 7) is 9.86. The van der Waals surface area contributed by atoms with Crippen LogP contribution in [0.15, 0.2) is 67.1 Å². The number of H-pyrrole nitrogens is 2. The van der Waals surface area contributed by atoms with Gasteiger partial charge in [0.05, 0.1) is 16.9 Å². The van der Waals surface area contributed by atoms with E-state index < -0.39 is 0 Å². The van der Waals surface area contributed by atoms with E-state index >= 15 is 0 Å². The highest BCUT2D eigenvalue weighted by atomic mass is 32.1. The van der Waals surface area contributed by atoms with E-state index in [9.17, 15) is 0 Å². The van der Waals surface area contributed by atoms with Crippen molar-refractivity contribution in [2.24, 2.45) is 0 Å². The maximum absolute atomic E-state index is 4.87. The Morgan fingerprint density at radius 1 is 1.09 bits per heavy atom. The van der Waals surface area contributed by atoms with Crippen molar-refractivity contribution in [1.82, 2.24) is 35.1 Å². The Kier molecular flexibility index (Phi) is 6.32. The molecule has 0 bridgehead atoms. The first-order valence-electron chi connectivity index (χ1n) is 10.3. The lowest BCUT2D eigenvalue weighted by atomic mass is 10.1. The number of aromatic amines is 2. The molecule has 0 aliphatic heterocycles. The first kappa shape index (κ1) is 21.3. The first-order valence-corrected chi connectivity index (χ1v) is 11.2. The van der Waals surface area contributed by atoms with Gasteiger partial charge < -0.3 is 4.98 Å². The lowest BCUT2D eigenvalue weighted by Gasteiger charge is -2.02. The normalized spacial score (nSPS) is 11.3. The molecule has 2 N–H and O–H groups in total. The number of pyridine rings is 1. The number of allylic oxidation sites excluding steroid dienone is 2. The van der Waals surface area contributed by atoms with Gasteiger partial charge in [0.1, 0.15) is 11.8 Å². The smallest absolute Gasteiger partial charge is 0.161 e. The molecule has 5 rings (SSSR count). The van der Waals surface area contributed by atoms with Gasteiger partial charge in [-0.25, -0.2) is 19.9 Å². The number of aromatic nitrogens is 7. The Bertz CT molecular complexity index is 1360. The van der Waals surface area contributed by atoms with Crippen LogP contribution < -0.4 is 0 Å². The van der Waals surface area contributed by atoms with Gasteiger partial charge in [-0.2, -0.15) is 5.10 Å². The highest BCUT2D eigenvalue weighted by molar-refractivity contribution is 7.11. The number of rotatable bonds is 5. The fraction of sp³-hybridized carbons (Fsp3) is 0.125. The molecule has 0 atom stereocenters. The predicted molar refractivity (Wildman–Crippen MR) is 130 cm³/mol. The Morgan fingerprint density at radius 2 is 1.91 bits per heavy atom. The van der Waals surface area contributed by atoms with Crippen molar-refractivity contribution < 1.29 is 0 Å². The van der Waals surface area contributed by atoms with E-state index in [4.69, 9.17) is 9.97 Å². The Labute approximate surface area is 190 Å². The second-order valence-corrected chi connectivity index (χ2v) is 7.59. The van der Waals surface area contributed by atoms with E-state index in [0.29, 0.717) is 11.5 Å². The Morgan fingerprint density at radius 3 is 2.62 bits per heavy atom. The first-order chi connectivity index (χ1) is 15.7. The van der Waals surface area contributed by atoms with Crippen LogP contribution in [-0.2, 0) is 0 Å². The molecule has 5 heterocycles. The molecule has 7 nitrogen and oxygen atoms in total. The van der Waals surface area contributed by atoms with E-state index in [-0.39, 0.29) is 0 Å². The predicted octanol–water partition coefficient (Wildman–Crippen LogP) is 5.82. The molecule has 5 aromatic heterocycles. The average molecular weight is 442 g/mol. The van der Waals surface area contributed by atoms with Gasteiger partial charge in [-0.15, -0.1) is 11.3 Å². The highest BCUT2D eigenvalue weighted by Crippen LogP contribution is 2.32. The number of hydrogen-bond acceptors (Lipinski definition) is 6. The lowest BCUT2D eigenvalue weighted by Crippen LogP contribution is -1.89. The van der Waals surface area contributed by atoms with Crippen LogP contribution in [0.5, 0.6) is 0 Å². The van der Waals surface area contributed by atoms with E-state index in [1.54, 1.807) is 29.8 Å². The average Bonchev–Trinajstić information content (AvgIpc) is 3.59. The van der Waals surface area contributed by atoms with Gasteiger partial charge in [-0.1, -0.05) is 38.6 Å². The molecular weight excluding hydrogens is 418 g/mol. The SMILES string of the molecule is C=C/C=C(/c1cccs1)c1nc(-c2n[nH]c3ccc(-c4cncnc4)nc23)[nH]c1C.CC. The molecule has 0 amide bonds. The molecule has 0 aliphatic rings. The number of aryl methyl sites for hydroxylation is 1. The summed E-state index contributed by atoms with van der Waals surface area (Å²) in [4.78, 5) is 22.3. The van der Waals surface area contributed by atoms with Crippen molar-refractivity contribution in [2.45, 2.75) is 20.8 Å². The summed E-state index contributed by atoms with van der Waals surface area (Å²) >= 11 is 1.67. The Hall–Kier alpha value is -3.91. The van der Waals surface area contributed by atoms with Crippen molar-refractivity contribution in [3.63, 3.8) is 0 Å². The van der Waals surface area contributed by atoms with Crippen LogP contribution in [0.3, 0.4) is 0 Å². The van der Waals surface area contributed by atoms with Gasteiger partial charge in [-0.3, -0.25) is 5.10 Å². The van der Waals surface area contributed by atoms with Crippen LogP contribution in [0.25, 0.3) is 39.4 Å². The fourth-order valence-electron chi connectivity index (χ4n) is 3.32. The monoisotopic (exact) mass is 441 g/mol. The maximum Gasteiger partial charge on any atom is 0.161 e. The molecule has 0 saturated carbocycles. The van der Waals surface area contributed by atoms with Crippen molar-refractivity contribution in [3.8, 4) is 22.8 Å². The van der Waals surface area contributed by atoms with Gasteiger partial charge in [0.25, 0.3) is 0 Å². The standard InChI is InChI=1S/C22H17N7S.C2H6/c1-3-5-15(18-6-4-9-30-18)19-13(2)25-22(27-19)21-20-17(28-29-21)8-7-16(26-20)14-10-23-12-24-11-14;1-2/h3-12H,1H2,2H3,(H,25,27)(H,28,29);1-2H3/b15-5-;. The number of hydrogen-bond donors (Lipinski definition) is 2. The van der Waals surface area contributed by atoms with Crippen LogP contribution in [0, 0.1) is 6.92 Å². The Balaban J connectivity index is 0.00000119. The lowest BCUT2D eigenvalue weighted by molar-refractivity contribution is 1.10. The zero-order chi connectivity index (χ0) is 22.5. The van der Waals surface area contributed by atoms with Crippen LogP contribution in [-0.4, -0.2) is 35.1 Å². The third-order valence-electron chi connectivity index (χ3n) is 4.70.